The average Bonchev–Trinajstić information content (AvgIpc) is 3.28. The number of carbonyl (C=O) groups is 2. The van der Waals surface area contributed by atoms with E-state index in [1.807, 2.05) is 74.7 Å². The highest BCUT2D eigenvalue weighted by Gasteiger charge is 2.14. The predicted molar refractivity (Wildman–Crippen MR) is 162 cm³/mol. The molecule has 0 saturated carbocycles. The standard InChI is InChI=1S/C34H36FNO6/c1-23-19-28(35)20-24(2)34(23)42-18-4-3-17-41-29-15-12-25(13-16-29)11-14-26-7-5-9-30-27(8-6-10-31(37)38)21-36(33(26)30)22-32(39)40/h5,7,9,11-16,19-21H,3-4,6,8,10,17-18,22H2,1-2H3,(H,37,38)(H,39,40)/b14-11+. The molecule has 0 fully saturated rings. The lowest BCUT2D eigenvalue weighted by Gasteiger charge is -2.12. The maximum absolute atomic E-state index is 13.5. The first kappa shape index (κ1) is 30.4. The molecule has 3 aromatic carbocycles. The quantitative estimate of drug-likeness (QED) is 0.114. The Hall–Kier alpha value is -4.59. The maximum atomic E-state index is 13.5. The second-order valence-electron chi connectivity index (χ2n) is 10.3. The van der Waals surface area contributed by atoms with Gasteiger partial charge in [-0.1, -0.05) is 42.5 Å². The van der Waals surface area contributed by atoms with E-state index in [0.717, 1.165) is 63.1 Å². The van der Waals surface area contributed by atoms with Crippen LogP contribution in [0.25, 0.3) is 23.1 Å². The molecule has 0 amide bonds. The normalized spacial score (nSPS) is 11.3. The van der Waals surface area contributed by atoms with Gasteiger partial charge in [0.25, 0.3) is 0 Å². The number of nitrogens with zero attached hydrogens (tertiary/aromatic N) is 1. The topological polar surface area (TPSA) is 98.0 Å². The molecule has 4 rings (SSSR count). The first-order valence-electron chi connectivity index (χ1n) is 14.1. The van der Waals surface area contributed by atoms with Crippen molar-refractivity contribution in [1.82, 2.24) is 4.57 Å². The number of rotatable bonds is 15. The molecule has 220 valence electrons. The Morgan fingerprint density at radius 1 is 0.881 bits per heavy atom. The van der Waals surface area contributed by atoms with Gasteiger partial charge in [0.15, 0.2) is 0 Å². The summed E-state index contributed by atoms with van der Waals surface area (Å²) in [5.41, 5.74) is 5.19. The van der Waals surface area contributed by atoms with Crippen LogP contribution in [0.3, 0.4) is 0 Å². The Morgan fingerprint density at radius 3 is 2.24 bits per heavy atom. The van der Waals surface area contributed by atoms with Crippen LogP contribution in [0.4, 0.5) is 4.39 Å². The minimum Gasteiger partial charge on any atom is -0.494 e. The molecule has 0 saturated heterocycles. The number of hydrogen-bond donors (Lipinski definition) is 2. The number of aromatic nitrogens is 1. The van der Waals surface area contributed by atoms with Gasteiger partial charge < -0.3 is 24.3 Å². The fourth-order valence-corrected chi connectivity index (χ4v) is 5.05. The summed E-state index contributed by atoms with van der Waals surface area (Å²) in [7, 11) is 0. The third-order valence-electron chi connectivity index (χ3n) is 6.97. The monoisotopic (exact) mass is 573 g/mol. The average molecular weight is 574 g/mol. The fraction of sp³-hybridized carbons (Fsp3) is 0.294. The Kier molecular flexibility index (Phi) is 10.4. The zero-order valence-corrected chi connectivity index (χ0v) is 23.9. The summed E-state index contributed by atoms with van der Waals surface area (Å²) < 4.78 is 26.9. The fourth-order valence-electron chi connectivity index (χ4n) is 5.05. The van der Waals surface area contributed by atoms with Gasteiger partial charge >= 0.3 is 11.9 Å². The van der Waals surface area contributed by atoms with Gasteiger partial charge in [0, 0.05) is 18.0 Å². The number of carboxylic acid groups (broad SMARTS) is 2. The molecule has 8 heteroatoms. The van der Waals surface area contributed by atoms with Crippen molar-refractivity contribution < 1.29 is 33.7 Å². The summed E-state index contributed by atoms with van der Waals surface area (Å²) in [6.45, 7) is 4.59. The van der Waals surface area contributed by atoms with Gasteiger partial charge in [-0.3, -0.25) is 9.59 Å². The lowest BCUT2D eigenvalue weighted by molar-refractivity contribution is -0.138. The van der Waals surface area contributed by atoms with Crippen molar-refractivity contribution in [2.45, 2.75) is 52.5 Å². The highest BCUT2D eigenvalue weighted by atomic mass is 19.1. The number of halogens is 1. The van der Waals surface area contributed by atoms with Crippen molar-refractivity contribution in [3.63, 3.8) is 0 Å². The Bertz CT molecular complexity index is 1550. The molecule has 1 heterocycles. The lowest BCUT2D eigenvalue weighted by atomic mass is 10.0. The van der Waals surface area contributed by atoms with Crippen LogP contribution < -0.4 is 9.47 Å². The molecule has 0 unspecified atom stereocenters. The van der Waals surface area contributed by atoms with Crippen molar-refractivity contribution in [3.8, 4) is 11.5 Å². The summed E-state index contributed by atoms with van der Waals surface area (Å²) >= 11 is 0. The Morgan fingerprint density at radius 2 is 1.57 bits per heavy atom. The first-order valence-corrected chi connectivity index (χ1v) is 14.1. The van der Waals surface area contributed by atoms with Crippen LogP contribution >= 0.6 is 0 Å². The van der Waals surface area contributed by atoms with Crippen LogP contribution in [0, 0.1) is 19.7 Å². The first-order chi connectivity index (χ1) is 20.2. The van der Waals surface area contributed by atoms with E-state index in [4.69, 9.17) is 14.6 Å². The second kappa shape index (κ2) is 14.3. The molecule has 4 aromatic rings. The second-order valence-corrected chi connectivity index (χ2v) is 10.3. The van der Waals surface area contributed by atoms with Crippen molar-refractivity contribution >= 4 is 35.0 Å². The number of carboxylic acids is 2. The summed E-state index contributed by atoms with van der Waals surface area (Å²) in [4.78, 5) is 22.5. The maximum Gasteiger partial charge on any atom is 0.323 e. The molecule has 0 atom stereocenters. The van der Waals surface area contributed by atoms with Crippen molar-refractivity contribution in [1.29, 1.82) is 0 Å². The third kappa shape index (κ3) is 8.22. The third-order valence-corrected chi connectivity index (χ3v) is 6.97. The predicted octanol–water partition coefficient (Wildman–Crippen LogP) is 7.30. The molecule has 0 aliphatic rings. The van der Waals surface area contributed by atoms with Gasteiger partial charge in [-0.15, -0.1) is 0 Å². The Balaban J connectivity index is 1.33. The molecule has 7 nitrogen and oxygen atoms in total. The Labute approximate surface area is 244 Å². The van der Waals surface area contributed by atoms with Crippen LogP contribution in [0.15, 0.2) is 60.8 Å². The van der Waals surface area contributed by atoms with Gasteiger partial charge in [-0.25, -0.2) is 4.39 Å². The highest BCUT2D eigenvalue weighted by Crippen LogP contribution is 2.28. The summed E-state index contributed by atoms with van der Waals surface area (Å²) in [6.07, 6.45) is 8.49. The molecule has 2 N–H and O–H groups in total. The van der Waals surface area contributed by atoms with E-state index in [2.05, 4.69) is 0 Å². The van der Waals surface area contributed by atoms with Crippen molar-refractivity contribution in [3.05, 3.63) is 94.4 Å². The van der Waals surface area contributed by atoms with Crippen molar-refractivity contribution in [2.75, 3.05) is 13.2 Å². The number of unbranched alkanes of at least 4 members (excludes halogenated alkanes) is 1. The van der Waals surface area contributed by atoms with E-state index in [-0.39, 0.29) is 18.8 Å². The van der Waals surface area contributed by atoms with E-state index >= 15 is 0 Å². The number of benzene rings is 3. The van der Waals surface area contributed by atoms with E-state index in [9.17, 15) is 19.1 Å². The van der Waals surface area contributed by atoms with Gasteiger partial charge in [0.2, 0.25) is 0 Å². The summed E-state index contributed by atoms with van der Waals surface area (Å²) in [5, 5.41) is 19.4. The smallest absolute Gasteiger partial charge is 0.323 e. The number of hydrogen-bond acceptors (Lipinski definition) is 4. The van der Waals surface area contributed by atoms with E-state index in [1.54, 1.807) is 4.57 Å². The number of para-hydroxylation sites is 1. The SMILES string of the molecule is Cc1cc(F)cc(C)c1OCCCCOc1ccc(/C=C/c2cccc3c(CCCC(=O)O)cn(CC(=O)O)c23)cc1. The molecule has 0 aliphatic carbocycles. The van der Waals surface area contributed by atoms with Gasteiger partial charge in [0.05, 0.1) is 18.7 Å². The van der Waals surface area contributed by atoms with Crippen LogP contribution in [0.2, 0.25) is 0 Å². The van der Waals surface area contributed by atoms with E-state index < -0.39 is 11.9 Å². The lowest BCUT2D eigenvalue weighted by Crippen LogP contribution is -2.07. The molecular formula is C34H36FNO6. The van der Waals surface area contributed by atoms with Gasteiger partial charge in [-0.05, 0) is 91.6 Å². The molecular weight excluding hydrogens is 537 g/mol. The van der Waals surface area contributed by atoms with Gasteiger partial charge in [-0.2, -0.15) is 0 Å². The zero-order valence-electron chi connectivity index (χ0n) is 23.9. The molecule has 0 aliphatic heterocycles. The molecule has 42 heavy (non-hydrogen) atoms. The molecule has 1 aromatic heterocycles. The summed E-state index contributed by atoms with van der Waals surface area (Å²) in [6, 6.07) is 16.5. The van der Waals surface area contributed by atoms with Crippen LogP contribution in [0.1, 0.15) is 53.5 Å². The molecule has 0 radical (unpaired) electrons. The number of aliphatic carboxylic acids is 2. The minimum atomic E-state index is -0.941. The number of aryl methyl sites for hydroxylation is 3. The number of fused-ring (bicyclic) bond motifs is 1. The van der Waals surface area contributed by atoms with E-state index in [0.29, 0.717) is 26.1 Å². The largest absolute Gasteiger partial charge is 0.494 e. The summed E-state index contributed by atoms with van der Waals surface area (Å²) in [5.74, 6) is -0.535. The van der Waals surface area contributed by atoms with E-state index in [1.165, 1.54) is 12.1 Å². The van der Waals surface area contributed by atoms with Crippen molar-refractivity contribution in [2.24, 2.45) is 0 Å². The molecule has 0 spiro atoms. The van der Waals surface area contributed by atoms with Crippen LogP contribution in [0.5, 0.6) is 11.5 Å². The molecule has 0 bridgehead atoms. The zero-order chi connectivity index (χ0) is 30.1. The van der Waals surface area contributed by atoms with Crippen LogP contribution in [-0.4, -0.2) is 39.9 Å². The van der Waals surface area contributed by atoms with Crippen LogP contribution in [-0.2, 0) is 22.6 Å². The van der Waals surface area contributed by atoms with Gasteiger partial charge in [0.1, 0.15) is 23.9 Å². The minimum absolute atomic E-state index is 0.0658. The number of ether oxygens (including phenoxy) is 2. The highest BCUT2D eigenvalue weighted by molar-refractivity contribution is 5.94.